The first-order chi connectivity index (χ1) is 10.9. The highest BCUT2D eigenvalue weighted by molar-refractivity contribution is 5.84. The molecule has 1 atom stereocenters. The van der Waals surface area contributed by atoms with E-state index in [2.05, 4.69) is 10.4 Å². The molecule has 9 heteroatoms. The zero-order valence-electron chi connectivity index (χ0n) is 13.5. The molecule has 1 heterocycles. The van der Waals surface area contributed by atoms with Gasteiger partial charge in [0.15, 0.2) is 0 Å². The van der Waals surface area contributed by atoms with Crippen LogP contribution in [0.1, 0.15) is 33.1 Å². The molecule has 9 nitrogen and oxygen atoms in total. The summed E-state index contributed by atoms with van der Waals surface area (Å²) in [6.45, 7) is 4.08. The normalized spacial score (nSPS) is 12.0. The molecule has 0 spiro atoms. The van der Waals surface area contributed by atoms with Gasteiger partial charge in [-0.25, -0.2) is 4.79 Å². The second-order valence-electron chi connectivity index (χ2n) is 5.11. The van der Waals surface area contributed by atoms with E-state index in [-0.39, 0.29) is 30.5 Å². The number of ether oxygens (including phenoxy) is 1. The van der Waals surface area contributed by atoms with Crippen LogP contribution >= 0.6 is 0 Å². The number of carbonyl (C=O) groups excluding carboxylic acids is 2. The third-order valence-corrected chi connectivity index (χ3v) is 3.69. The van der Waals surface area contributed by atoms with Gasteiger partial charge in [0.25, 0.3) is 0 Å². The molecule has 0 aromatic carbocycles. The molecule has 128 valence electrons. The van der Waals surface area contributed by atoms with Gasteiger partial charge in [-0.3, -0.25) is 19.6 Å². The van der Waals surface area contributed by atoms with Crippen LogP contribution in [-0.2, 0) is 20.9 Å². The number of hydrogen-bond donors (Lipinski definition) is 1. The summed E-state index contributed by atoms with van der Waals surface area (Å²) in [6, 6.07) is -0.686. The summed E-state index contributed by atoms with van der Waals surface area (Å²) in [4.78, 5) is 33.9. The molecule has 1 N–H and O–H groups in total. The average molecular weight is 326 g/mol. The number of rotatable bonds is 9. The Labute approximate surface area is 134 Å². The van der Waals surface area contributed by atoms with E-state index in [0.29, 0.717) is 0 Å². The van der Waals surface area contributed by atoms with Crippen molar-refractivity contribution >= 4 is 17.6 Å². The van der Waals surface area contributed by atoms with Crippen LogP contribution in [0.5, 0.6) is 0 Å². The van der Waals surface area contributed by atoms with Crippen molar-refractivity contribution in [1.29, 1.82) is 0 Å². The van der Waals surface area contributed by atoms with Crippen LogP contribution in [0.2, 0.25) is 0 Å². The van der Waals surface area contributed by atoms with Gasteiger partial charge in [0, 0.05) is 13.0 Å². The Hall–Kier alpha value is -2.45. The highest BCUT2D eigenvalue weighted by atomic mass is 16.6. The van der Waals surface area contributed by atoms with E-state index in [1.807, 2.05) is 13.8 Å². The number of nitro groups is 1. The Morgan fingerprint density at radius 2 is 2.09 bits per heavy atom. The van der Waals surface area contributed by atoms with E-state index < -0.39 is 16.9 Å². The summed E-state index contributed by atoms with van der Waals surface area (Å²) >= 11 is 0. The summed E-state index contributed by atoms with van der Waals surface area (Å²) in [7, 11) is 1.28. The maximum atomic E-state index is 12.0. The first-order valence-corrected chi connectivity index (χ1v) is 7.46. The number of carbonyl (C=O) groups is 2. The Morgan fingerprint density at radius 1 is 1.43 bits per heavy atom. The standard InChI is InChI=1S/C14H22N4O5/c1-4-10(5-2)13(14(20)23-3)16-12(19)6-7-17-9-11(8-15-17)18(21)22/h8-10,13H,4-7H2,1-3H3,(H,16,19)/t13-/m0/s1. The van der Waals surface area contributed by atoms with Crippen LogP contribution in [0.15, 0.2) is 12.4 Å². The number of aromatic nitrogens is 2. The number of nitrogens with one attached hydrogen (secondary N) is 1. The fourth-order valence-corrected chi connectivity index (χ4v) is 2.29. The molecule has 0 aliphatic heterocycles. The molecule has 0 saturated carbocycles. The Balaban J connectivity index is 2.60. The molecule has 1 rings (SSSR count). The van der Waals surface area contributed by atoms with Crippen LogP contribution in [0.25, 0.3) is 0 Å². The van der Waals surface area contributed by atoms with Gasteiger partial charge in [0.1, 0.15) is 18.4 Å². The van der Waals surface area contributed by atoms with Gasteiger partial charge in [-0.1, -0.05) is 26.7 Å². The molecule has 0 radical (unpaired) electrons. The number of methoxy groups -OCH3 is 1. The van der Waals surface area contributed by atoms with Gasteiger partial charge in [0.05, 0.1) is 12.0 Å². The maximum absolute atomic E-state index is 12.0. The van der Waals surface area contributed by atoms with Crippen LogP contribution in [0, 0.1) is 16.0 Å². The topological polar surface area (TPSA) is 116 Å². The van der Waals surface area contributed by atoms with Crippen LogP contribution in [0.4, 0.5) is 5.69 Å². The summed E-state index contributed by atoms with van der Waals surface area (Å²) in [5.74, 6) is -0.801. The molecule has 0 saturated heterocycles. The minimum atomic E-state index is -0.686. The highest BCUT2D eigenvalue weighted by Gasteiger charge is 2.28. The van der Waals surface area contributed by atoms with E-state index in [1.165, 1.54) is 18.0 Å². The molecular formula is C14H22N4O5. The predicted molar refractivity (Wildman–Crippen MR) is 81.5 cm³/mol. The zero-order valence-corrected chi connectivity index (χ0v) is 13.5. The number of amides is 1. The first-order valence-electron chi connectivity index (χ1n) is 7.46. The van der Waals surface area contributed by atoms with Gasteiger partial charge < -0.3 is 10.1 Å². The lowest BCUT2D eigenvalue weighted by molar-refractivity contribution is -0.385. The molecule has 1 aromatic heterocycles. The van der Waals surface area contributed by atoms with Crippen LogP contribution < -0.4 is 5.32 Å². The van der Waals surface area contributed by atoms with Crippen molar-refractivity contribution < 1.29 is 19.2 Å². The van der Waals surface area contributed by atoms with Gasteiger partial charge in [-0.2, -0.15) is 5.10 Å². The van der Waals surface area contributed by atoms with Gasteiger partial charge in [0.2, 0.25) is 5.91 Å². The molecule has 1 amide bonds. The van der Waals surface area contributed by atoms with E-state index in [1.54, 1.807) is 0 Å². The molecule has 1 aromatic rings. The number of nitrogens with zero attached hydrogens (tertiary/aromatic N) is 3. The molecule has 23 heavy (non-hydrogen) atoms. The first kappa shape index (κ1) is 18.6. The molecule has 0 aliphatic rings. The third-order valence-electron chi connectivity index (χ3n) is 3.69. The van der Waals surface area contributed by atoms with E-state index >= 15 is 0 Å². The lowest BCUT2D eigenvalue weighted by atomic mass is 9.94. The van der Waals surface area contributed by atoms with Gasteiger partial charge in [-0.15, -0.1) is 0 Å². The van der Waals surface area contributed by atoms with Crippen molar-refractivity contribution in [3.05, 3.63) is 22.5 Å². The summed E-state index contributed by atoms with van der Waals surface area (Å²) in [6.07, 6.45) is 3.92. The van der Waals surface area contributed by atoms with Crippen molar-refractivity contribution in [2.24, 2.45) is 5.92 Å². The van der Waals surface area contributed by atoms with Crippen molar-refractivity contribution in [2.45, 2.75) is 45.7 Å². The van der Waals surface area contributed by atoms with E-state index in [4.69, 9.17) is 4.74 Å². The summed E-state index contributed by atoms with van der Waals surface area (Å²) in [5, 5.41) is 17.1. The van der Waals surface area contributed by atoms with E-state index in [0.717, 1.165) is 19.0 Å². The predicted octanol–water partition coefficient (Wildman–Crippen LogP) is 1.28. The quantitative estimate of drug-likeness (QED) is 0.415. The smallest absolute Gasteiger partial charge is 0.328 e. The maximum Gasteiger partial charge on any atom is 0.328 e. The number of hydrogen-bond acceptors (Lipinski definition) is 6. The third kappa shape index (κ3) is 5.35. The molecular weight excluding hydrogens is 304 g/mol. The average Bonchev–Trinajstić information content (AvgIpc) is 3.01. The minimum absolute atomic E-state index is 0.00260. The van der Waals surface area contributed by atoms with E-state index in [9.17, 15) is 19.7 Å². The van der Waals surface area contributed by atoms with Gasteiger partial charge in [-0.05, 0) is 5.92 Å². The van der Waals surface area contributed by atoms with Crippen molar-refractivity contribution in [2.75, 3.05) is 7.11 Å². The number of esters is 1. The zero-order chi connectivity index (χ0) is 17.4. The second kappa shape index (κ2) is 8.86. The van der Waals surface area contributed by atoms with Crippen molar-refractivity contribution in [3.8, 4) is 0 Å². The second-order valence-corrected chi connectivity index (χ2v) is 5.11. The number of aryl methyl sites for hydroxylation is 1. The minimum Gasteiger partial charge on any atom is -0.467 e. The molecule has 0 aliphatic carbocycles. The van der Waals surface area contributed by atoms with Crippen LogP contribution in [0.3, 0.4) is 0 Å². The largest absolute Gasteiger partial charge is 0.467 e. The van der Waals surface area contributed by atoms with Gasteiger partial charge >= 0.3 is 11.7 Å². The van der Waals surface area contributed by atoms with Crippen molar-refractivity contribution in [1.82, 2.24) is 15.1 Å². The Bertz CT molecular complexity index is 553. The highest BCUT2D eigenvalue weighted by Crippen LogP contribution is 2.15. The molecule has 0 fully saturated rings. The fourth-order valence-electron chi connectivity index (χ4n) is 2.29. The van der Waals surface area contributed by atoms with Crippen LogP contribution in [-0.4, -0.2) is 39.7 Å². The fraction of sp³-hybridized carbons (Fsp3) is 0.643. The summed E-state index contributed by atoms with van der Waals surface area (Å²) in [5.41, 5.74) is -0.130. The monoisotopic (exact) mass is 326 g/mol. The Morgan fingerprint density at radius 3 is 2.57 bits per heavy atom. The SMILES string of the molecule is CCC(CC)[C@H](NC(=O)CCn1cc([N+](=O)[O-])cn1)C(=O)OC. The molecule has 0 bridgehead atoms. The molecule has 0 unspecified atom stereocenters. The lowest BCUT2D eigenvalue weighted by Crippen LogP contribution is -2.46. The van der Waals surface area contributed by atoms with Crippen molar-refractivity contribution in [3.63, 3.8) is 0 Å². The Kier molecular flexibility index (Phi) is 7.17. The summed E-state index contributed by atoms with van der Waals surface area (Å²) < 4.78 is 6.07. The lowest BCUT2D eigenvalue weighted by Gasteiger charge is -2.24.